The highest BCUT2D eigenvalue weighted by Gasteiger charge is 2.18. The van der Waals surface area contributed by atoms with Crippen LogP contribution in [0.3, 0.4) is 0 Å². The van der Waals surface area contributed by atoms with Crippen LogP contribution in [0.1, 0.15) is 0 Å². The van der Waals surface area contributed by atoms with E-state index in [2.05, 4.69) is 173 Å². The number of benzene rings is 9. The monoisotopic (exact) mass is 796 g/mol. The number of hydrogen-bond donors (Lipinski definition) is 0. The fourth-order valence-electron chi connectivity index (χ4n) is 8.62. The third-order valence-corrected chi connectivity index (χ3v) is 11.7. The lowest BCUT2D eigenvalue weighted by Crippen LogP contribution is -2.09. The predicted molar refractivity (Wildman–Crippen MR) is 252 cm³/mol. The smallest absolute Gasteiger partial charge is 0.227 e. The molecule has 0 saturated heterocycles. The van der Waals surface area contributed by atoms with Crippen molar-refractivity contribution in [1.82, 2.24) is 14.5 Å². The highest BCUT2D eigenvalue weighted by atomic mass is 16.4. The first-order valence-electron chi connectivity index (χ1n) is 20.7. The summed E-state index contributed by atoms with van der Waals surface area (Å²) in [5.41, 5.74) is 16.3. The molecule has 0 unspecified atom stereocenters. The Hall–Kier alpha value is -8.48. The van der Waals surface area contributed by atoms with E-state index in [1.165, 1.54) is 16.5 Å². The highest BCUT2D eigenvalue weighted by molar-refractivity contribution is 6.10. The molecule has 0 fully saturated rings. The molecule has 0 aliphatic rings. The van der Waals surface area contributed by atoms with Gasteiger partial charge in [-0.25, -0.2) is 9.97 Å². The third-order valence-electron chi connectivity index (χ3n) is 11.7. The zero-order valence-electron chi connectivity index (χ0n) is 33.4. The number of aromatic nitrogens is 3. The van der Waals surface area contributed by atoms with Crippen molar-refractivity contribution in [2.45, 2.75) is 0 Å². The normalized spacial score (nSPS) is 11.5. The molecule has 0 amide bonds. The summed E-state index contributed by atoms with van der Waals surface area (Å²) < 4.78 is 14.6. The Morgan fingerprint density at radius 3 is 1.35 bits per heavy atom. The molecule has 0 spiro atoms. The first-order valence-corrected chi connectivity index (χ1v) is 20.7. The van der Waals surface area contributed by atoms with Gasteiger partial charge in [-0.15, -0.1) is 0 Å². The number of rotatable bonds is 8. The number of hydrogen-bond acceptors (Lipinski definition) is 5. The topological polar surface area (TPSA) is 60.2 Å². The first-order chi connectivity index (χ1) is 30.7. The van der Waals surface area contributed by atoms with Crippen LogP contribution in [0.25, 0.3) is 94.9 Å². The Balaban J connectivity index is 0.869. The van der Waals surface area contributed by atoms with Crippen molar-refractivity contribution in [2.24, 2.45) is 0 Å². The minimum Gasteiger partial charge on any atom is -0.436 e. The van der Waals surface area contributed by atoms with Crippen LogP contribution in [0, 0.1) is 0 Å². The molecule has 6 heteroatoms. The van der Waals surface area contributed by atoms with Crippen molar-refractivity contribution in [1.29, 1.82) is 0 Å². The second-order valence-corrected chi connectivity index (χ2v) is 15.4. The van der Waals surface area contributed by atoms with Gasteiger partial charge in [0.2, 0.25) is 11.8 Å². The Morgan fingerprint density at radius 1 is 0.339 bits per heavy atom. The molecule has 292 valence electrons. The predicted octanol–water partition coefficient (Wildman–Crippen LogP) is 15.2. The van der Waals surface area contributed by atoms with Gasteiger partial charge in [0.05, 0.1) is 11.0 Å². The maximum atomic E-state index is 6.15. The van der Waals surface area contributed by atoms with Gasteiger partial charge in [0.1, 0.15) is 11.0 Å². The Kier molecular flexibility index (Phi) is 8.38. The molecule has 0 saturated carbocycles. The van der Waals surface area contributed by atoms with Crippen LogP contribution in [-0.4, -0.2) is 14.5 Å². The van der Waals surface area contributed by atoms with E-state index in [4.69, 9.17) is 18.8 Å². The van der Waals surface area contributed by atoms with Gasteiger partial charge in [-0.1, -0.05) is 109 Å². The van der Waals surface area contributed by atoms with Crippen molar-refractivity contribution in [2.75, 3.05) is 4.90 Å². The molecule has 0 radical (unpaired) electrons. The van der Waals surface area contributed by atoms with Crippen molar-refractivity contribution in [3.8, 4) is 50.8 Å². The molecule has 3 aromatic heterocycles. The average Bonchev–Trinajstić information content (AvgIpc) is 4.07. The summed E-state index contributed by atoms with van der Waals surface area (Å²) in [5.74, 6) is 1.23. The minimum atomic E-state index is 0.607. The summed E-state index contributed by atoms with van der Waals surface area (Å²) in [7, 11) is 0. The number of nitrogens with zero attached hydrogens (tertiary/aromatic N) is 4. The van der Waals surface area contributed by atoms with E-state index in [-0.39, 0.29) is 0 Å². The summed E-state index contributed by atoms with van der Waals surface area (Å²) in [4.78, 5) is 11.8. The number of fused-ring (bicyclic) bond motifs is 5. The van der Waals surface area contributed by atoms with Gasteiger partial charge < -0.3 is 18.3 Å². The summed E-state index contributed by atoms with van der Waals surface area (Å²) in [6.45, 7) is 0. The zero-order chi connectivity index (χ0) is 41.0. The fourth-order valence-corrected chi connectivity index (χ4v) is 8.62. The maximum Gasteiger partial charge on any atom is 0.227 e. The van der Waals surface area contributed by atoms with Crippen LogP contribution in [0.5, 0.6) is 0 Å². The zero-order valence-corrected chi connectivity index (χ0v) is 33.4. The number of anilines is 3. The van der Waals surface area contributed by atoms with Crippen LogP contribution in [0.4, 0.5) is 17.1 Å². The van der Waals surface area contributed by atoms with E-state index in [0.717, 1.165) is 83.6 Å². The SMILES string of the molecule is c1ccc(-c2ccc(N(c3ccc(-c4ccc(-n5c6ccccc6c6cc(-c7nc8ccccc8o7)ccc65)cc4)cc3)c3ccc(-c4nc5ccccc5o4)cc3)cc2)cc1. The lowest BCUT2D eigenvalue weighted by molar-refractivity contribution is 0.619. The van der Waals surface area contributed by atoms with Gasteiger partial charge in [0.25, 0.3) is 0 Å². The van der Waals surface area contributed by atoms with Crippen LogP contribution in [-0.2, 0) is 0 Å². The second kappa shape index (κ2) is 14.7. The molecule has 9 aromatic carbocycles. The summed E-state index contributed by atoms with van der Waals surface area (Å²) in [5, 5.41) is 2.33. The van der Waals surface area contributed by atoms with Gasteiger partial charge in [-0.2, -0.15) is 0 Å². The van der Waals surface area contributed by atoms with E-state index in [9.17, 15) is 0 Å². The molecule has 12 aromatic rings. The Bertz CT molecular complexity index is 3480. The van der Waals surface area contributed by atoms with E-state index < -0.39 is 0 Å². The average molecular weight is 797 g/mol. The standard InChI is InChI=1S/C56H36N4O2/c1-2-10-37(11-3-1)38-18-27-43(28-19-38)59(45-33-24-41(25-34-45)55-57-49-13-5-8-16-53(49)61-55)44-29-20-39(21-30-44)40-22-31-46(32-23-40)60-51-15-7-4-12-47(51)48-36-42(26-35-52(48)60)56-58-50-14-6-9-17-54(50)62-56/h1-36H. The largest absolute Gasteiger partial charge is 0.436 e. The van der Waals surface area contributed by atoms with Crippen molar-refractivity contribution >= 4 is 61.1 Å². The quantitative estimate of drug-likeness (QED) is 0.153. The van der Waals surface area contributed by atoms with Crippen LogP contribution < -0.4 is 4.90 Å². The number of oxazole rings is 2. The molecular weight excluding hydrogens is 761 g/mol. The lowest BCUT2D eigenvalue weighted by Gasteiger charge is -2.26. The van der Waals surface area contributed by atoms with Crippen molar-refractivity contribution in [3.05, 3.63) is 218 Å². The van der Waals surface area contributed by atoms with E-state index in [1.54, 1.807) is 0 Å². The molecule has 62 heavy (non-hydrogen) atoms. The molecular formula is C56H36N4O2. The fraction of sp³-hybridized carbons (Fsp3) is 0. The second-order valence-electron chi connectivity index (χ2n) is 15.4. The van der Waals surface area contributed by atoms with Gasteiger partial charge in [0.15, 0.2) is 11.2 Å². The molecule has 0 aliphatic carbocycles. The molecule has 3 heterocycles. The molecule has 0 N–H and O–H groups in total. The van der Waals surface area contributed by atoms with Crippen LogP contribution in [0.2, 0.25) is 0 Å². The van der Waals surface area contributed by atoms with Crippen molar-refractivity contribution < 1.29 is 8.83 Å². The van der Waals surface area contributed by atoms with Gasteiger partial charge in [-0.05, 0) is 131 Å². The Labute approximate surface area is 357 Å². The van der Waals surface area contributed by atoms with E-state index in [1.807, 2.05) is 54.6 Å². The van der Waals surface area contributed by atoms with Gasteiger partial charge in [0, 0.05) is 44.6 Å². The van der Waals surface area contributed by atoms with Crippen molar-refractivity contribution in [3.63, 3.8) is 0 Å². The molecule has 0 aliphatic heterocycles. The molecule has 0 atom stereocenters. The van der Waals surface area contributed by atoms with Gasteiger partial charge in [-0.3, -0.25) is 0 Å². The van der Waals surface area contributed by atoms with Crippen LogP contribution >= 0.6 is 0 Å². The first kappa shape index (κ1) is 35.5. The molecule has 6 nitrogen and oxygen atoms in total. The molecule has 0 bridgehead atoms. The summed E-state index contributed by atoms with van der Waals surface area (Å²) in [6, 6.07) is 76.1. The van der Waals surface area contributed by atoms with E-state index >= 15 is 0 Å². The highest BCUT2D eigenvalue weighted by Crippen LogP contribution is 2.39. The van der Waals surface area contributed by atoms with Gasteiger partial charge >= 0.3 is 0 Å². The Morgan fingerprint density at radius 2 is 0.774 bits per heavy atom. The van der Waals surface area contributed by atoms with E-state index in [0.29, 0.717) is 11.8 Å². The summed E-state index contributed by atoms with van der Waals surface area (Å²) >= 11 is 0. The lowest BCUT2D eigenvalue weighted by atomic mass is 10.0. The molecule has 12 rings (SSSR count). The maximum absolute atomic E-state index is 6.15. The third kappa shape index (κ3) is 6.21. The van der Waals surface area contributed by atoms with Crippen LogP contribution in [0.15, 0.2) is 227 Å². The summed E-state index contributed by atoms with van der Waals surface area (Å²) in [6.07, 6.45) is 0. The minimum absolute atomic E-state index is 0.607. The number of para-hydroxylation sites is 5.